The number of nitrogens with one attached hydrogen (secondary N) is 1. The first-order chi connectivity index (χ1) is 8.18. The van der Waals surface area contributed by atoms with E-state index in [0.29, 0.717) is 11.3 Å². The highest BCUT2D eigenvalue weighted by atomic mass is 19.1. The molecule has 0 radical (unpaired) electrons. The van der Waals surface area contributed by atoms with E-state index in [0.717, 1.165) is 0 Å². The number of nitrogens with zero attached hydrogens (tertiary/aromatic N) is 1. The van der Waals surface area contributed by atoms with Crippen molar-refractivity contribution in [3.05, 3.63) is 35.5 Å². The topological polar surface area (TPSA) is 81.2 Å². The minimum atomic E-state index is -0.634. The van der Waals surface area contributed by atoms with Crippen molar-refractivity contribution in [3.63, 3.8) is 0 Å². The Morgan fingerprint density at radius 3 is 3.06 bits per heavy atom. The van der Waals surface area contributed by atoms with Crippen LogP contribution in [0.5, 0.6) is 0 Å². The van der Waals surface area contributed by atoms with Gasteiger partial charge in [-0.15, -0.1) is 0 Å². The number of carbonyl (C=O) groups is 1. The molecule has 0 unspecified atom stereocenters. The third-order valence-electron chi connectivity index (χ3n) is 2.71. The lowest BCUT2D eigenvalue weighted by Gasteiger charge is -2.06. The van der Waals surface area contributed by atoms with Gasteiger partial charge in [0.05, 0.1) is 23.8 Å². The Hall–Kier alpha value is -2.37. The highest BCUT2D eigenvalue weighted by Crippen LogP contribution is 2.31. The van der Waals surface area contributed by atoms with Gasteiger partial charge in [-0.05, 0) is 6.07 Å². The van der Waals surface area contributed by atoms with E-state index >= 15 is 0 Å². The predicted molar refractivity (Wildman–Crippen MR) is 57.5 cm³/mol. The zero-order valence-electron chi connectivity index (χ0n) is 8.66. The van der Waals surface area contributed by atoms with Gasteiger partial charge in [-0.2, -0.15) is 0 Å². The van der Waals surface area contributed by atoms with E-state index in [1.807, 2.05) is 0 Å². The van der Waals surface area contributed by atoms with Gasteiger partial charge >= 0.3 is 0 Å². The third kappa shape index (κ3) is 1.30. The number of nitrogens with two attached hydrogens (primary N) is 1. The lowest BCUT2D eigenvalue weighted by Crippen LogP contribution is -2.13. The molecule has 0 atom stereocenters. The predicted octanol–water partition coefficient (Wildman–Crippen LogP) is 1.31. The number of nitrogen functional groups attached to an aromatic ring is 1. The number of aromatic nitrogens is 1. The van der Waals surface area contributed by atoms with Crippen molar-refractivity contribution < 1.29 is 13.6 Å². The number of carbonyl (C=O) groups excluding carboxylic acids is 1. The quantitative estimate of drug-likeness (QED) is 0.778. The number of halogens is 1. The molecule has 17 heavy (non-hydrogen) atoms. The molecule has 3 rings (SSSR count). The highest BCUT2D eigenvalue weighted by Gasteiger charge is 2.29. The molecule has 0 bridgehead atoms. The van der Waals surface area contributed by atoms with Crippen LogP contribution >= 0.6 is 0 Å². The second-order valence-electron chi connectivity index (χ2n) is 3.71. The van der Waals surface area contributed by atoms with Crippen molar-refractivity contribution in [2.45, 2.75) is 6.54 Å². The Balaban J connectivity index is 2.33. The standard InChI is InChI=1S/C11H8FN3O2/c12-8-6-3-14-11(16)7(6)9(15-10(8)13)5-1-2-17-4-5/h1-2,4H,3H2,(H2,13,15)(H,14,16). The molecule has 0 saturated carbocycles. The fraction of sp³-hybridized carbons (Fsp3) is 0.0909. The summed E-state index contributed by atoms with van der Waals surface area (Å²) in [6, 6.07) is 1.64. The van der Waals surface area contributed by atoms with Gasteiger partial charge in [-0.1, -0.05) is 0 Å². The van der Waals surface area contributed by atoms with Crippen molar-refractivity contribution in [1.29, 1.82) is 0 Å². The summed E-state index contributed by atoms with van der Waals surface area (Å²) in [7, 11) is 0. The van der Waals surface area contributed by atoms with Crippen molar-refractivity contribution in [2.75, 3.05) is 5.73 Å². The molecule has 5 nitrogen and oxygen atoms in total. The molecule has 2 aromatic rings. The number of hydrogen-bond donors (Lipinski definition) is 2. The largest absolute Gasteiger partial charge is 0.472 e. The van der Waals surface area contributed by atoms with Crippen LogP contribution in [0.15, 0.2) is 23.0 Å². The SMILES string of the molecule is Nc1nc(-c2ccoc2)c2c(c1F)CNC2=O. The summed E-state index contributed by atoms with van der Waals surface area (Å²) in [5, 5.41) is 2.55. The van der Waals surface area contributed by atoms with E-state index in [9.17, 15) is 9.18 Å². The number of pyridine rings is 1. The molecule has 6 heteroatoms. The summed E-state index contributed by atoms with van der Waals surface area (Å²) in [6.07, 6.45) is 2.89. The first-order valence-corrected chi connectivity index (χ1v) is 4.97. The van der Waals surface area contributed by atoms with Crippen LogP contribution in [-0.2, 0) is 6.54 Å². The monoisotopic (exact) mass is 233 g/mol. The molecule has 1 amide bonds. The van der Waals surface area contributed by atoms with Gasteiger partial charge in [-0.25, -0.2) is 9.37 Å². The maximum Gasteiger partial charge on any atom is 0.254 e. The number of anilines is 1. The minimum Gasteiger partial charge on any atom is -0.472 e. The Kier molecular flexibility index (Phi) is 1.91. The molecule has 1 aliphatic heterocycles. The minimum absolute atomic E-state index is 0.136. The Labute approximate surface area is 95.4 Å². The van der Waals surface area contributed by atoms with Crippen LogP contribution in [0.4, 0.5) is 10.2 Å². The lowest BCUT2D eigenvalue weighted by molar-refractivity contribution is 0.0966. The maximum atomic E-state index is 13.7. The number of furan rings is 1. The van der Waals surface area contributed by atoms with Gasteiger partial charge in [0, 0.05) is 17.7 Å². The second-order valence-corrected chi connectivity index (χ2v) is 3.71. The molecular weight excluding hydrogens is 225 g/mol. The summed E-state index contributed by atoms with van der Waals surface area (Å²) in [6.45, 7) is 0.136. The summed E-state index contributed by atoms with van der Waals surface area (Å²) in [5.74, 6) is -1.19. The van der Waals surface area contributed by atoms with E-state index in [1.54, 1.807) is 6.07 Å². The Morgan fingerprint density at radius 2 is 2.35 bits per heavy atom. The Morgan fingerprint density at radius 1 is 1.53 bits per heavy atom. The number of rotatable bonds is 1. The molecule has 0 aromatic carbocycles. The van der Waals surface area contributed by atoms with Crippen LogP contribution in [0.2, 0.25) is 0 Å². The molecule has 0 fully saturated rings. The van der Waals surface area contributed by atoms with Crippen molar-refractivity contribution in [3.8, 4) is 11.3 Å². The fourth-order valence-corrected chi connectivity index (χ4v) is 1.91. The van der Waals surface area contributed by atoms with Gasteiger partial charge in [0.15, 0.2) is 11.6 Å². The van der Waals surface area contributed by atoms with Crippen molar-refractivity contribution >= 4 is 11.7 Å². The molecule has 0 saturated heterocycles. The number of fused-ring (bicyclic) bond motifs is 1. The van der Waals surface area contributed by atoms with Crippen LogP contribution in [0.3, 0.4) is 0 Å². The second kappa shape index (κ2) is 3.31. The van der Waals surface area contributed by atoms with E-state index in [1.165, 1.54) is 12.5 Å². The smallest absolute Gasteiger partial charge is 0.254 e. The van der Waals surface area contributed by atoms with E-state index in [4.69, 9.17) is 10.2 Å². The zero-order valence-corrected chi connectivity index (χ0v) is 8.66. The van der Waals surface area contributed by atoms with Crippen LogP contribution in [-0.4, -0.2) is 10.9 Å². The average molecular weight is 233 g/mol. The molecule has 2 aromatic heterocycles. The van der Waals surface area contributed by atoms with E-state index in [2.05, 4.69) is 10.3 Å². The van der Waals surface area contributed by atoms with Gasteiger partial charge in [0.1, 0.15) is 0 Å². The first-order valence-electron chi connectivity index (χ1n) is 4.97. The van der Waals surface area contributed by atoms with Crippen LogP contribution in [0.25, 0.3) is 11.3 Å². The van der Waals surface area contributed by atoms with Gasteiger partial charge in [-0.3, -0.25) is 4.79 Å². The van der Waals surface area contributed by atoms with E-state index < -0.39 is 5.82 Å². The molecule has 0 spiro atoms. The molecule has 86 valence electrons. The lowest BCUT2D eigenvalue weighted by atomic mass is 10.0. The van der Waals surface area contributed by atoms with Crippen molar-refractivity contribution in [1.82, 2.24) is 10.3 Å². The molecule has 3 N–H and O–H groups in total. The van der Waals surface area contributed by atoms with Crippen LogP contribution in [0.1, 0.15) is 15.9 Å². The third-order valence-corrected chi connectivity index (χ3v) is 2.71. The number of hydrogen-bond acceptors (Lipinski definition) is 4. The maximum absolute atomic E-state index is 13.7. The van der Waals surface area contributed by atoms with E-state index in [-0.39, 0.29) is 29.4 Å². The first kappa shape index (κ1) is 9.83. The van der Waals surface area contributed by atoms with Gasteiger partial charge < -0.3 is 15.5 Å². The van der Waals surface area contributed by atoms with Crippen LogP contribution < -0.4 is 11.1 Å². The van der Waals surface area contributed by atoms with Gasteiger partial charge in [0.2, 0.25) is 0 Å². The average Bonchev–Trinajstić information content (AvgIpc) is 2.93. The molecule has 0 aliphatic carbocycles. The normalized spacial score (nSPS) is 13.6. The van der Waals surface area contributed by atoms with Gasteiger partial charge in [0.25, 0.3) is 5.91 Å². The van der Waals surface area contributed by atoms with Crippen LogP contribution in [0, 0.1) is 5.82 Å². The number of amides is 1. The molecule has 1 aliphatic rings. The van der Waals surface area contributed by atoms with Crippen molar-refractivity contribution in [2.24, 2.45) is 0 Å². The summed E-state index contributed by atoms with van der Waals surface area (Å²) in [5.41, 5.74) is 6.94. The summed E-state index contributed by atoms with van der Waals surface area (Å²) < 4.78 is 18.6. The highest BCUT2D eigenvalue weighted by molar-refractivity contribution is 6.04. The summed E-state index contributed by atoms with van der Waals surface area (Å²) in [4.78, 5) is 15.6. The Bertz CT molecular complexity index is 608. The fourth-order valence-electron chi connectivity index (χ4n) is 1.91. The molecular formula is C11H8FN3O2. The zero-order chi connectivity index (χ0) is 12.0. The molecule has 3 heterocycles. The summed E-state index contributed by atoms with van der Waals surface area (Å²) >= 11 is 0.